The van der Waals surface area contributed by atoms with E-state index < -0.39 is 11.4 Å². The number of hydrogen-bond donors (Lipinski definition) is 2. The summed E-state index contributed by atoms with van der Waals surface area (Å²) in [7, 11) is 1.60. The van der Waals surface area contributed by atoms with E-state index in [1.165, 1.54) is 0 Å². The Labute approximate surface area is 84.9 Å². The molecule has 0 aromatic rings. The van der Waals surface area contributed by atoms with Gasteiger partial charge in [0.1, 0.15) is 5.54 Å². The molecule has 5 nitrogen and oxygen atoms in total. The van der Waals surface area contributed by atoms with Crippen LogP contribution in [0.25, 0.3) is 0 Å². The van der Waals surface area contributed by atoms with Crippen LogP contribution in [0.2, 0.25) is 0 Å². The third-order valence-electron chi connectivity index (χ3n) is 1.96. The molecular formula is C9H20N2O3. The quantitative estimate of drug-likeness (QED) is 0.523. The van der Waals surface area contributed by atoms with Gasteiger partial charge in [-0.15, -0.1) is 0 Å². The van der Waals surface area contributed by atoms with Crippen molar-refractivity contribution in [3.05, 3.63) is 0 Å². The number of carbonyl (C=O) groups excluding carboxylic acids is 1. The van der Waals surface area contributed by atoms with Crippen LogP contribution >= 0.6 is 0 Å². The molecule has 14 heavy (non-hydrogen) atoms. The number of nitrogens with one attached hydrogen (secondary N) is 1. The molecule has 0 bridgehead atoms. The fourth-order valence-electron chi connectivity index (χ4n) is 0.944. The Morgan fingerprint density at radius 3 is 2.64 bits per heavy atom. The maximum atomic E-state index is 11.2. The first-order chi connectivity index (χ1) is 6.56. The smallest absolute Gasteiger partial charge is 0.239 e. The van der Waals surface area contributed by atoms with Crippen LogP contribution in [0, 0.1) is 0 Å². The minimum absolute atomic E-state index is 0.280. The van der Waals surface area contributed by atoms with Crippen LogP contribution in [0.1, 0.15) is 13.8 Å². The summed E-state index contributed by atoms with van der Waals surface area (Å²) < 4.78 is 10.1. The summed E-state index contributed by atoms with van der Waals surface area (Å²) >= 11 is 0. The van der Waals surface area contributed by atoms with Crippen LogP contribution in [0.4, 0.5) is 0 Å². The number of ether oxygens (including phenoxy) is 2. The molecule has 0 heterocycles. The van der Waals surface area contributed by atoms with Crippen molar-refractivity contribution in [3.8, 4) is 0 Å². The van der Waals surface area contributed by atoms with Crippen LogP contribution in [0.3, 0.4) is 0 Å². The Hall–Kier alpha value is -0.650. The number of nitrogens with two attached hydrogens (primary N) is 1. The first kappa shape index (κ1) is 13.4. The molecule has 0 aromatic heterocycles. The highest BCUT2D eigenvalue weighted by atomic mass is 16.5. The standard InChI is InChI=1S/C9H20N2O3/c1-4-14-7-9(2,8(10)12)11-5-6-13-3/h11H,4-7H2,1-3H3,(H2,10,12). The minimum Gasteiger partial charge on any atom is -0.383 e. The average molecular weight is 204 g/mol. The molecule has 0 aliphatic heterocycles. The number of hydrogen-bond acceptors (Lipinski definition) is 4. The lowest BCUT2D eigenvalue weighted by molar-refractivity contribution is -0.126. The number of primary amides is 1. The van der Waals surface area contributed by atoms with E-state index in [9.17, 15) is 4.79 Å². The molecule has 0 saturated carbocycles. The molecule has 1 unspecified atom stereocenters. The highest BCUT2D eigenvalue weighted by Crippen LogP contribution is 2.03. The fourth-order valence-corrected chi connectivity index (χ4v) is 0.944. The first-order valence-electron chi connectivity index (χ1n) is 4.68. The third-order valence-corrected chi connectivity index (χ3v) is 1.96. The molecule has 0 spiro atoms. The lowest BCUT2D eigenvalue weighted by atomic mass is 10.0. The van der Waals surface area contributed by atoms with Crippen molar-refractivity contribution in [2.24, 2.45) is 5.73 Å². The van der Waals surface area contributed by atoms with E-state index in [0.29, 0.717) is 19.8 Å². The first-order valence-corrected chi connectivity index (χ1v) is 4.68. The highest BCUT2D eigenvalue weighted by molar-refractivity contribution is 5.84. The topological polar surface area (TPSA) is 73.6 Å². The molecule has 0 aliphatic carbocycles. The second-order valence-corrected chi connectivity index (χ2v) is 3.25. The number of amides is 1. The van der Waals surface area contributed by atoms with Crippen molar-refractivity contribution in [2.75, 3.05) is 33.5 Å². The van der Waals surface area contributed by atoms with Gasteiger partial charge in [-0.2, -0.15) is 0 Å². The summed E-state index contributed by atoms with van der Waals surface area (Å²) in [5.41, 5.74) is 4.46. The maximum absolute atomic E-state index is 11.2. The Bertz CT molecular complexity index is 175. The largest absolute Gasteiger partial charge is 0.383 e. The van der Waals surface area contributed by atoms with Crippen molar-refractivity contribution >= 4 is 5.91 Å². The number of carbonyl (C=O) groups is 1. The second-order valence-electron chi connectivity index (χ2n) is 3.25. The van der Waals surface area contributed by atoms with Gasteiger partial charge in [0.2, 0.25) is 5.91 Å². The van der Waals surface area contributed by atoms with Crippen molar-refractivity contribution in [3.63, 3.8) is 0 Å². The summed E-state index contributed by atoms with van der Waals surface area (Å²) in [5.74, 6) is -0.415. The van der Waals surface area contributed by atoms with Crippen molar-refractivity contribution in [1.82, 2.24) is 5.32 Å². The average Bonchev–Trinajstić information content (AvgIpc) is 2.15. The minimum atomic E-state index is -0.811. The third kappa shape index (κ3) is 4.55. The highest BCUT2D eigenvalue weighted by Gasteiger charge is 2.30. The fraction of sp³-hybridized carbons (Fsp3) is 0.889. The van der Waals surface area contributed by atoms with Gasteiger partial charge in [-0.3, -0.25) is 10.1 Å². The van der Waals surface area contributed by atoms with Crippen molar-refractivity contribution in [1.29, 1.82) is 0 Å². The van der Waals surface area contributed by atoms with Gasteiger partial charge in [-0.05, 0) is 13.8 Å². The molecule has 3 N–H and O–H groups in total. The van der Waals surface area contributed by atoms with E-state index in [0.717, 1.165) is 0 Å². The van der Waals surface area contributed by atoms with Crippen LogP contribution < -0.4 is 11.1 Å². The summed E-state index contributed by atoms with van der Waals surface area (Å²) in [6.07, 6.45) is 0. The zero-order chi connectivity index (χ0) is 11.0. The molecule has 0 aromatic carbocycles. The SMILES string of the molecule is CCOCC(C)(NCCOC)C(N)=O. The Morgan fingerprint density at radius 2 is 2.21 bits per heavy atom. The number of methoxy groups -OCH3 is 1. The van der Waals surface area contributed by atoms with E-state index in [1.807, 2.05) is 6.92 Å². The zero-order valence-corrected chi connectivity index (χ0v) is 9.13. The van der Waals surface area contributed by atoms with E-state index in [-0.39, 0.29) is 6.61 Å². The predicted molar refractivity (Wildman–Crippen MR) is 54.0 cm³/mol. The summed E-state index contributed by atoms with van der Waals surface area (Å²) in [5, 5.41) is 3.01. The van der Waals surface area contributed by atoms with E-state index in [2.05, 4.69) is 5.32 Å². The van der Waals surface area contributed by atoms with Gasteiger partial charge in [0.15, 0.2) is 0 Å². The van der Waals surface area contributed by atoms with Gasteiger partial charge in [-0.1, -0.05) is 0 Å². The van der Waals surface area contributed by atoms with Gasteiger partial charge >= 0.3 is 0 Å². The van der Waals surface area contributed by atoms with Crippen molar-refractivity contribution < 1.29 is 14.3 Å². The summed E-state index contributed by atoms with van der Waals surface area (Å²) in [6.45, 7) is 5.55. The van der Waals surface area contributed by atoms with Crippen LogP contribution in [0.15, 0.2) is 0 Å². The lowest BCUT2D eigenvalue weighted by Gasteiger charge is -2.26. The molecule has 0 radical (unpaired) electrons. The van der Waals surface area contributed by atoms with Gasteiger partial charge in [-0.25, -0.2) is 0 Å². The van der Waals surface area contributed by atoms with Gasteiger partial charge in [0, 0.05) is 20.3 Å². The maximum Gasteiger partial charge on any atom is 0.239 e. The number of rotatable bonds is 8. The van der Waals surface area contributed by atoms with E-state index in [4.69, 9.17) is 15.2 Å². The van der Waals surface area contributed by atoms with Gasteiger partial charge in [0.25, 0.3) is 0 Å². The van der Waals surface area contributed by atoms with E-state index >= 15 is 0 Å². The summed E-state index contributed by atoms with van der Waals surface area (Å²) in [6, 6.07) is 0. The lowest BCUT2D eigenvalue weighted by Crippen LogP contribution is -2.57. The molecule has 5 heteroatoms. The van der Waals surface area contributed by atoms with E-state index in [1.54, 1.807) is 14.0 Å². The predicted octanol–water partition coefficient (Wildman–Crippen LogP) is -0.497. The molecule has 1 amide bonds. The monoisotopic (exact) mass is 204 g/mol. The molecule has 0 rings (SSSR count). The second kappa shape index (κ2) is 6.75. The van der Waals surface area contributed by atoms with Crippen LogP contribution in [-0.2, 0) is 14.3 Å². The molecule has 0 fully saturated rings. The normalized spacial score (nSPS) is 15.1. The molecular weight excluding hydrogens is 184 g/mol. The van der Waals surface area contributed by atoms with Gasteiger partial charge in [0.05, 0.1) is 13.2 Å². The molecule has 84 valence electrons. The van der Waals surface area contributed by atoms with Crippen LogP contribution in [0.5, 0.6) is 0 Å². The Kier molecular flexibility index (Phi) is 6.44. The Morgan fingerprint density at radius 1 is 1.57 bits per heavy atom. The molecule has 0 aliphatic rings. The Balaban J connectivity index is 4.03. The van der Waals surface area contributed by atoms with Gasteiger partial charge < -0.3 is 15.2 Å². The van der Waals surface area contributed by atoms with Crippen molar-refractivity contribution in [2.45, 2.75) is 19.4 Å². The molecule has 1 atom stereocenters. The molecule has 0 saturated heterocycles. The summed E-state index contributed by atoms with van der Waals surface area (Å²) in [4.78, 5) is 11.2. The zero-order valence-electron chi connectivity index (χ0n) is 9.13. The van der Waals surface area contributed by atoms with Crippen LogP contribution in [-0.4, -0.2) is 44.9 Å².